The van der Waals surface area contributed by atoms with Crippen LogP contribution in [0.1, 0.15) is 58.4 Å². The van der Waals surface area contributed by atoms with Crippen LogP contribution in [-0.4, -0.2) is 66.3 Å². The van der Waals surface area contributed by atoms with Crippen molar-refractivity contribution in [3.8, 4) is 0 Å². The molecule has 2 heterocycles. The summed E-state index contributed by atoms with van der Waals surface area (Å²) in [5.74, 6) is 0. The Morgan fingerprint density at radius 1 is 1.12 bits per heavy atom. The maximum Gasteiger partial charge on any atom is 0.407 e. The third-order valence-electron chi connectivity index (χ3n) is 6.28. The number of benzene rings is 1. The Balaban J connectivity index is 1.62. The van der Waals surface area contributed by atoms with Crippen molar-refractivity contribution < 1.29 is 9.53 Å². The average molecular weight is 574 g/mol. The number of carbonyl (C=O) groups excluding carboxylic acids is 1. The number of hydrogen-bond acceptors (Lipinski definition) is 5. The van der Waals surface area contributed by atoms with Crippen molar-refractivity contribution in [2.75, 3.05) is 38.5 Å². The third kappa shape index (κ3) is 7.89. The first-order valence-electron chi connectivity index (χ1n) is 11.8. The molecule has 0 bridgehead atoms. The lowest BCUT2D eigenvalue weighted by molar-refractivity contribution is 0.0473. The zero-order valence-electron chi connectivity index (χ0n) is 19.6. The zero-order chi connectivity index (χ0) is 23.3. The molecule has 0 aliphatic carbocycles. The quantitative estimate of drug-likeness (QED) is 0.459. The number of anilines is 1. The Kier molecular flexibility index (Phi) is 9.30. The second-order valence-electron chi connectivity index (χ2n) is 10.1. The minimum absolute atomic E-state index is 0.0428. The summed E-state index contributed by atoms with van der Waals surface area (Å²) in [6.45, 7) is 11.1. The van der Waals surface area contributed by atoms with Gasteiger partial charge in [-0.1, -0.05) is 6.42 Å². The molecule has 8 heteroatoms. The van der Waals surface area contributed by atoms with E-state index in [1.165, 1.54) is 45.2 Å². The molecule has 0 unspecified atom stereocenters. The van der Waals surface area contributed by atoms with E-state index in [-0.39, 0.29) is 12.1 Å². The smallest absolute Gasteiger partial charge is 0.407 e. The van der Waals surface area contributed by atoms with Crippen LogP contribution in [0.15, 0.2) is 21.1 Å². The lowest BCUT2D eigenvalue weighted by Gasteiger charge is -2.41. The lowest BCUT2D eigenvalue weighted by Crippen LogP contribution is -2.51. The number of nitrogens with two attached hydrogens (primary N) is 1. The predicted octanol–water partition coefficient (Wildman–Crippen LogP) is 5.18. The van der Waals surface area contributed by atoms with E-state index in [0.717, 1.165) is 34.1 Å². The van der Waals surface area contributed by atoms with Crippen LogP contribution in [0, 0.1) is 0 Å². The Labute approximate surface area is 209 Å². The summed E-state index contributed by atoms with van der Waals surface area (Å²) in [5.41, 5.74) is 7.34. The van der Waals surface area contributed by atoms with Crippen LogP contribution < -0.4 is 11.1 Å². The molecule has 3 N–H and O–H groups in total. The van der Waals surface area contributed by atoms with Crippen molar-refractivity contribution in [3.63, 3.8) is 0 Å². The van der Waals surface area contributed by atoms with Gasteiger partial charge in [-0.3, -0.25) is 0 Å². The molecule has 3 rings (SSSR count). The van der Waals surface area contributed by atoms with E-state index in [0.29, 0.717) is 18.2 Å². The molecule has 0 spiro atoms. The second kappa shape index (κ2) is 11.5. The van der Waals surface area contributed by atoms with Gasteiger partial charge in [0.2, 0.25) is 0 Å². The van der Waals surface area contributed by atoms with Gasteiger partial charge in [-0.15, -0.1) is 0 Å². The fraction of sp³-hybridized carbons (Fsp3) is 0.708. The number of nitrogens with zero attached hydrogens (tertiary/aromatic N) is 2. The van der Waals surface area contributed by atoms with Crippen LogP contribution in [0.2, 0.25) is 0 Å². The minimum atomic E-state index is -0.519. The van der Waals surface area contributed by atoms with Gasteiger partial charge in [0.15, 0.2) is 0 Å². The van der Waals surface area contributed by atoms with Gasteiger partial charge in [0.1, 0.15) is 5.60 Å². The summed E-state index contributed by atoms with van der Waals surface area (Å²) in [6, 6.07) is 4.74. The van der Waals surface area contributed by atoms with Crippen LogP contribution in [-0.2, 0) is 11.2 Å². The molecule has 0 saturated carbocycles. The molecule has 2 saturated heterocycles. The van der Waals surface area contributed by atoms with E-state index >= 15 is 0 Å². The molecule has 0 radical (unpaired) electrons. The third-order valence-corrected chi connectivity index (χ3v) is 7.60. The van der Waals surface area contributed by atoms with Crippen molar-refractivity contribution >= 4 is 43.6 Å². The van der Waals surface area contributed by atoms with Crippen molar-refractivity contribution in [1.29, 1.82) is 0 Å². The van der Waals surface area contributed by atoms with Crippen LogP contribution in [0.25, 0.3) is 0 Å². The molecule has 0 aromatic heterocycles. The molecule has 180 valence electrons. The monoisotopic (exact) mass is 572 g/mol. The highest BCUT2D eigenvalue weighted by Gasteiger charge is 2.28. The van der Waals surface area contributed by atoms with E-state index in [2.05, 4.69) is 47.0 Å². The van der Waals surface area contributed by atoms with Gasteiger partial charge in [0.25, 0.3) is 0 Å². The van der Waals surface area contributed by atoms with Gasteiger partial charge < -0.3 is 25.6 Å². The van der Waals surface area contributed by atoms with Crippen molar-refractivity contribution in [2.24, 2.45) is 0 Å². The lowest BCUT2D eigenvalue weighted by atomic mass is 9.98. The molecule has 1 atom stereocenters. The standard InChI is InChI=1S/C24H38Br2N4O2/c1-24(2,3)32-23(31)28-18(13-17-14-20(25)22(27)21(26)15-17)16-29-11-7-19(8-12-29)30-9-5-4-6-10-30/h14-15,18-19H,4-13,16,27H2,1-3H3,(H,28,31)/t18-/m1/s1. The Bertz CT molecular complexity index is 747. The van der Waals surface area contributed by atoms with Gasteiger partial charge >= 0.3 is 6.09 Å². The second-order valence-corrected chi connectivity index (χ2v) is 11.9. The van der Waals surface area contributed by atoms with Crippen molar-refractivity contribution in [3.05, 3.63) is 26.6 Å². The van der Waals surface area contributed by atoms with Crippen LogP contribution in [0.4, 0.5) is 10.5 Å². The van der Waals surface area contributed by atoms with E-state index in [9.17, 15) is 4.79 Å². The molecule has 1 aromatic carbocycles. The highest BCUT2D eigenvalue weighted by Crippen LogP contribution is 2.30. The number of carbonyl (C=O) groups is 1. The zero-order valence-corrected chi connectivity index (χ0v) is 22.8. The number of piperidine rings is 2. The van der Waals surface area contributed by atoms with Crippen LogP contribution in [0.5, 0.6) is 0 Å². The summed E-state index contributed by atoms with van der Waals surface area (Å²) in [7, 11) is 0. The summed E-state index contributed by atoms with van der Waals surface area (Å²) >= 11 is 7.08. The summed E-state index contributed by atoms with van der Waals surface area (Å²) in [6.07, 6.45) is 6.83. The van der Waals surface area contributed by atoms with E-state index in [1.54, 1.807) is 0 Å². The normalized spacial score (nSPS) is 20.2. The van der Waals surface area contributed by atoms with E-state index in [4.69, 9.17) is 10.5 Å². The molecular formula is C24H38Br2N4O2. The molecule has 2 fully saturated rings. The molecule has 2 aliphatic heterocycles. The van der Waals surface area contributed by atoms with Gasteiger partial charge in [-0.25, -0.2) is 4.79 Å². The first-order chi connectivity index (χ1) is 15.1. The molecule has 32 heavy (non-hydrogen) atoms. The van der Waals surface area contributed by atoms with E-state index in [1.807, 2.05) is 32.9 Å². The summed E-state index contributed by atoms with van der Waals surface area (Å²) in [5, 5.41) is 3.12. The minimum Gasteiger partial charge on any atom is -0.444 e. The van der Waals surface area contributed by atoms with Gasteiger partial charge in [0, 0.05) is 27.6 Å². The summed E-state index contributed by atoms with van der Waals surface area (Å²) in [4.78, 5) is 17.7. The number of hydrogen-bond donors (Lipinski definition) is 2. The van der Waals surface area contributed by atoms with Crippen LogP contribution >= 0.6 is 31.9 Å². The molecule has 1 amide bonds. The molecule has 1 aromatic rings. The molecule has 2 aliphatic rings. The Morgan fingerprint density at radius 3 is 2.28 bits per heavy atom. The summed E-state index contributed by atoms with van der Waals surface area (Å²) < 4.78 is 7.27. The SMILES string of the molecule is CC(C)(C)OC(=O)N[C@H](Cc1cc(Br)c(N)c(Br)c1)CN1CCC(N2CCCCC2)CC1. The average Bonchev–Trinajstić information content (AvgIpc) is 2.71. The van der Waals surface area contributed by atoms with Gasteiger partial charge in [-0.2, -0.15) is 0 Å². The van der Waals surface area contributed by atoms with E-state index < -0.39 is 5.60 Å². The van der Waals surface area contributed by atoms with Crippen molar-refractivity contribution in [2.45, 2.75) is 77.0 Å². The number of ether oxygens (including phenoxy) is 1. The Morgan fingerprint density at radius 2 is 1.72 bits per heavy atom. The predicted molar refractivity (Wildman–Crippen MR) is 138 cm³/mol. The number of halogens is 2. The maximum absolute atomic E-state index is 12.6. The fourth-order valence-corrected chi connectivity index (χ4v) is 6.02. The molecular weight excluding hydrogens is 536 g/mol. The molecule has 6 nitrogen and oxygen atoms in total. The highest BCUT2D eigenvalue weighted by atomic mass is 79.9. The van der Waals surface area contributed by atoms with Gasteiger partial charge in [-0.05, 0) is 129 Å². The largest absolute Gasteiger partial charge is 0.444 e. The topological polar surface area (TPSA) is 70.8 Å². The highest BCUT2D eigenvalue weighted by molar-refractivity contribution is 9.11. The number of alkyl carbamates (subject to hydrolysis) is 1. The first-order valence-corrected chi connectivity index (χ1v) is 13.4. The first kappa shape index (κ1) is 25.8. The van der Waals surface area contributed by atoms with Crippen molar-refractivity contribution in [1.82, 2.24) is 15.1 Å². The van der Waals surface area contributed by atoms with Crippen LogP contribution in [0.3, 0.4) is 0 Å². The maximum atomic E-state index is 12.6. The number of likely N-dealkylation sites (tertiary alicyclic amines) is 2. The van der Waals surface area contributed by atoms with Gasteiger partial charge in [0.05, 0.1) is 5.69 Å². The number of amides is 1. The number of rotatable bonds is 6. The number of nitrogen functional groups attached to an aromatic ring is 1. The fourth-order valence-electron chi connectivity index (χ4n) is 4.74. The Hall–Kier alpha value is -0.830. The number of nitrogens with one attached hydrogen (secondary N) is 1.